The molecule has 3 nitrogen and oxygen atoms in total. The highest BCUT2D eigenvalue weighted by molar-refractivity contribution is 9.10. The molecule has 1 saturated carbocycles. The molecule has 0 saturated heterocycles. The summed E-state index contributed by atoms with van der Waals surface area (Å²) in [7, 11) is 0. The Balaban J connectivity index is 1.91. The van der Waals surface area contributed by atoms with Gasteiger partial charge < -0.3 is 10.4 Å². The minimum Gasteiger partial charge on any atom is -0.396 e. The predicted octanol–water partition coefficient (Wildman–Crippen LogP) is 2.74. The van der Waals surface area contributed by atoms with E-state index in [4.69, 9.17) is 5.11 Å². The number of hydrogen-bond donors (Lipinski definition) is 2. The normalized spacial score (nSPS) is 16.5. The summed E-state index contributed by atoms with van der Waals surface area (Å²) in [6.07, 6.45) is 6.28. The summed E-state index contributed by atoms with van der Waals surface area (Å²) < 4.78 is 0.966. The molecule has 1 aromatic carbocycles. The lowest BCUT2D eigenvalue weighted by Crippen LogP contribution is -2.36. The second-order valence-electron chi connectivity index (χ2n) is 4.82. The van der Waals surface area contributed by atoms with Crippen LogP contribution in [0.15, 0.2) is 34.8 Å². The molecule has 2 N–H and O–H groups in total. The van der Waals surface area contributed by atoms with Crippen LogP contribution in [0.2, 0.25) is 0 Å². The van der Waals surface area contributed by atoms with Gasteiger partial charge in [-0.05, 0) is 42.9 Å². The molecule has 1 amide bonds. The molecular formula is C15H18BrNO2. The van der Waals surface area contributed by atoms with E-state index in [1.165, 1.54) is 0 Å². The molecule has 1 fully saturated rings. The van der Waals surface area contributed by atoms with Crippen LogP contribution in [0.4, 0.5) is 0 Å². The van der Waals surface area contributed by atoms with Gasteiger partial charge in [-0.15, -0.1) is 0 Å². The van der Waals surface area contributed by atoms with Crippen molar-refractivity contribution in [3.8, 4) is 0 Å². The van der Waals surface area contributed by atoms with Gasteiger partial charge in [0.1, 0.15) is 0 Å². The van der Waals surface area contributed by atoms with Crippen LogP contribution in [0.25, 0.3) is 6.08 Å². The fourth-order valence-corrected chi connectivity index (χ4v) is 2.49. The Kier molecular flexibility index (Phi) is 5.16. The Morgan fingerprint density at radius 2 is 2.21 bits per heavy atom. The van der Waals surface area contributed by atoms with Crippen molar-refractivity contribution in [3.63, 3.8) is 0 Å². The second-order valence-corrected chi connectivity index (χ2v) is 5.67. The molecule has 0 bridgehead atoms. The van der Waals surface area contributed by atoms with Crippen molar-refractivity contribution >= 4 is 27.9 Å². The van der Waals surface area contributed by atoms with Crippen LogP contribution in [0.5, 0.6) is 0 Å². The van der Waals surface area contributed by atoms with Gasteiger partial charge in [0.05, 0.1) is 0 Å². The number of nitrogens with one attached hydrogen (secondary N) is 1. The molecule has 2 rings (SSSR count). The van der Waals surface area contributed by atoms with E-state index in [0.29, 0.717) is 12.3 Å². The maximum Gasteiger partial charge on any atom is 0.244 e. The molecule has 0 heterocycles. The number of benzene rings is 1. The average Bonchev–Trinajstić information content (AvgIpc) is 3.21. The Morgan fingerprint density at radius 1 is 1.47 bits per heavy atom. The molecule has 1 atom stereocenters. The summed E-state index contributed by atoms with van der Waals surface area (Å²) in [5, 5.41) is 12.0. The maximum atomic E-state index is 11.9. The highest BCUT2D eigenvalue weighted by atomic mass is 79.9. The zero-order chi connectivity index (χ0) is 13.7. The van der Waals surface area contributed by atoms with Gasteiger partial charge in [0.15, 0.2) is 0 Å². The molecule has 0 aromatic heterocycles. The summed E-state index contributed by atoms with van der Waals surface area (Å²) in [5.41, 5.74) is 0.975. The van der Waals surface area contributed by atoms with Gasteiger partial charge in [-0.3, -0.25) is 4.79 Å². The Hall–Kier alpha value is -1.13. The second kappa shape index (κ2) is 6.87. The van der Waals surface area contributed by atoms with Crippen molar-refractivity contribution in [1.29, 1.82) is 0 Å². The number of aliphatic hydroxyl groups is 1. The van der Waals surface area contributed by atoms with Crippen molar-refractivity contribution in [1.82, 2.24) is 5.32 Å². The number of amides is 1. The van der Waals surface area contributed by atoms with E-state index in [0.717, 1.165) is 22.9 Å². The molecule has 1 aliphatic rings. The third-order valence-corrected chi connectivity index (χ3v) is 4.00. The SMILES string of the molecule is O=C(/C=C/c1ccccc1Br)NC(CCO)C1CC1. The first kappa shape index (κ1) is 14.3. The van der Waals surface area contributed by atoms with E-state index in [1.54, 1.807) is 12.2 Å². The molecule has 4 heteroatoms. The number of aliphatic hydroxyl groups excluding tert-OH is 1. The number of halogens is 1. The van der Waals surface area contributed by atoms with Crippen molar-refractivity contribution in [2.75, 3.05) is 6.61 Å². The van der Waals surface area contributed by atoms with Crippen molar-refractivity contribution in [2.24, 2.45) is 5.92 Å². The van der Waals surface area contributed by atoms with E-state index in [1.807, 2.05) is 24.3 Å². The van der Waals surface area contributed by atoms with Crippen LogP contribution < -0.4 is 5.32 Å². The Bertz CT molecular complexity index is 469. The largest absolute Gasteiger partial charge is 0.396 e. The number of rotatable bonds is 6. The van der Waals surface area contributed by atoms with Crippen LogP contribution in [-0.2, 0) is 4.79 Å². The summed E-state index contributed by atoms with van der Waals surface area (Å²) in [6.45, 7) is 0.120. The van der Waals surface area contributed by atoms with Crippen LogP contribution in [0.3, 0.4) is 0 Å². The third kappa shape index (κ3) is 4.48. The molecule has 19 heavy (non-hydrogen) atoms. The Morgan fingerprint density at radius 3 is 2.84 bits per heavy atom. The summed E-state index contributed by atoms with van der Waals surface area (Å²) in [6, 6.07) is 7.87. The van der Waals surface area contributed by atoms with Crippen molar-refractivity contribution in [3.05, 3.63) is 40.4 Å². The zero-order valence-electron chi connectivity index (χ0n) is 10.7. The van der Waals surface area contributed by atoms with E-state index in [-0.39, 0.29) is 18.6 Å². The van der Waals surface area contributed by atoms with Crippen molar-refractivity contribution in [2.45, 2.75) is 25.3 Å². The van der Waals surface area contributed by atoms with Gasteiger partial charge in [0.25, 0.3) is 0 Å². The van der Waals surface area contributed by atoms with E-state index in [2.05, 4.69) is 21.2 Å². The molecule has 102 valence electrons. The highest BCUT2D eigenvalue weighted by Crippen LogP contribution is 2.33. The van der Waals surface area contributed by atoms with E-state index >= 15 is 0 Å². The van der Waals surface area contributed by atoms with Gasteiger partial charge in [0, 0.05) is 23.2 Å². The lowest BCUT2D eigenvalue weighted by Gasteiger charge is -2.15. The zero-order valence-corrected chi connectivity index (χ0v) is 12.3. The lowest BCUT2D eigenvalue weighted by atomic mass is 10.1. The monoisotopic (exact) mass is 323 g/mol. The maximum absolute atomic E-state index is 11.9. The lowest BCUT2D eigenvalue weighted by molar-refractivity contribution is -0.117. The van der Waals surface area contributed by atoms with Crippen LogP contribution in [0, 0.1) is 5.92 Å². The molecule has 1 unspecified atom stereocenters. The molecule has 0 radical (unpaired) electrons. The van der Waals surface area contributed by atoms with Crippen LogP contribution in [0.1, 0.15) is 24.8 Å². The van der Waals surface area contributed by atoms with Gasteiger partial charge in [-0.25, -0.2) is 0 Å². The van der Waals surface area contributed by atoms with E-state index < -0.39 is 0 Å². The number of hydrogen-bond acceptors (Lipinski definition) is 2. The first-order valence-electron chi connectivity index (χ1n) is 6.54. The number of carbonyl (C=O) groups is 1. The minimum atomic E-state index is -0.0962. The molecule has 1 aromatic rings. The quantitative estimate of drug-likeness (QED) is 0.791. The summed E-state index contributed by atoms with van der Waals surface area (Å²) >= 11 is 3.44. The smallest absolute Gasteiger partial charge is 0.244 e. The first-order valence-corrected chi connectivity index (χ1v) is 7.34. The Labute approximate surface area is 121 Å². The van der Waals surface area contributed by atoms with Gasteiger partial charge in [0.2, 0.25) is 5.91 Å². The molecule has 1 aliphatic carbocycles. The minimum absolute atomic E-state index is 0.0962. The van der Waals surface area contributed by atoms with Gasteiger partial charge in [-0.1, -0.05) is 34.1 Å². The summed E-state index contributed by atoms with van der Waals surface area (Å²) in [4.78, 5) is 11.9. The predicted molar refractivity (Wildman–Crippen MR) is 79.5 cm³/mol. The number of carbonyl (C=O) groups excluding carboxylic acids is 1. The first-order chi connectivity index (χ1) is 9.20. The fourth-order valence-electron chi connectivity index (χ4n) is 2.07. The fraction of sp³-hybridized carbons (Fsp3) is 0.400. The van der Waals surface area contributed by atoms with E-state index in [9.17, 15) is 4.79 Å². The highest BCUT2D eigenvalue weighted by Gasteiger charge is 2.31. The topological polar surface area (TPSA) is 49.3 Å². The van der Waals surface area contributed by atoms with Crippen LogP contribution in [-0.4, -0.2) is 23.7 Å². The summed E-state index contributed by atoms with van der Waals surface area (Å²) in [5.74, 6) is 0.453. The standard InChI is InChI=1S/C15H18BrNO2/c16-13-4-2-1-3-11(13)7-8-15(19)17-14(9-10-18)12-5-6-12/h1-4,7-8,12,14,18H,5-6,9-10H2,(H,17,19)/b8-7+. The van der Waals surface area contributed by atoms with Gasteiger partial charge in [-0.2, -0.15) is 0 Å². The molecule has 0 aliphatic heterocycles. The van der Waals surface area contributed by atoms with Crippen LogP contribution >= 0.6 is 15.9 Å². The van der Waals surface area contributed by atoms with Crippen molar-refractivity contribution < 1.29 is 9.90 Å². The molecule has 0 spiro atoms. The third-order valence-electron chi connectivity index (χ3n) is 3.28. The van der Waals surface area contributed by atoms with Gasteiger partial charge >= 0.3 is 0 Å². The molecular weight excluding hydrogens is 306 g/mol. The average molecular weight is 324 g/mol.